The highest BCUT2D eigenvalue weighted by Gasteiger charge is 2.44. The SMILES string of the molecule is Cc1nc(N[C@H](C)CSc2nc3ccccc3s2)c2ncn([C@@H]3O[C@H](CO)[C@@H](O)[C@H]3O)c2n1. The van der Waals surface area contributed by atoms with Crippen LogP contribution in [-0.2, 0) is 4.74 Å². The van der Waals surface area contributed by atoms with Gasteiger partial charge in [-0.3, -0.25) is 4.57 Å². The second-order valence-corrected chi connectivity index (χ2v) is 10.3. The van der Waals surface area contributed by atoms with E-state index in [4.69, 9.17) is 4.74 Å². The third-order valence-corrected chi connectivity index (χ3v) is 7.88. The van der Waals surface area contributed by atoms with E-state index in [9.17, 15) is 15.3 Å². The van der Waals surface area contributed by atoms with Crippen LogP contribution in [0, 0.1) is 6.92 Å². The minimum absolute atomic E-state index is 0.0681. The number of para-hydroxylation sites is 1. The van der Waals surface area contributed by atoms with Gasteiger partial charge in [-0.15, -0.1) is 11.3 Å². The molecule has 4 N–H and O–H groups in total. The molecule has 4 heterocycles. The molecular weight excluding hydrogens is 464 g/mol. The molecule has 0 unspecified atom stereocenters. The highest BCUT2D eigenvalue weighted by atomic mass is 32.2. The molecule has 1 saturated heterocycles. The van der Waals surface area contributed by atoms with E-state index in [0.717, 1.165) is 15.6 Å². The third-order valence-electron chi connectivity index (χ3n) is 5.44. The molecule has 0 spiro atoms. The summed E-state index contributed by atoms with van der Waals surface area (Å²) in [5.74, 6) is 1.89. The Labute approximate surface area is 197 Å². The van der Waals surface area contributed by atoms with Crippen molar-refractivity contribution in [2.24, 2.45) is 0 Å². The van der Waals surface area contributed by atoms with Crippen molar-refractivity contribution < 1.29 is 20.1 Å². The van der Waals surface area contributed by atoms with Crippen LogP contribution in [0.15, 0.2) is 34.9 Å². The molecule has 12 heteroatoms. The first-order valence-electron chi connectivity index (χ1n) is 10.5. The lowest BCUT2D eigenvalue weighted by Crippen LogP contribution is -2.33. The Morgan fingerprint density at radius 2 is 2.03 bits per heavy atom. The summed E-state index contributed by atoms with van der Waals surface area (Å²) in [4.78, 5) is 18.1. The summed E-state index contributed by atoms with van der Waals surface area (Å²) in [5.41, 5.74) is 2.02. The standard InChI is InChI=1S/C21H24N6O4S2/c1-10(8-32-21-26-12-5-3-4-6-14(12)33-21)23-18-15-19(25-11(2)24-18)27(9-22-15)20-17(30)16(29)13(7-28)31-20/h3-6,9-10,13,16-17,20,28-30H,7-8H2,1-2H3,(H,23,24,25)/t10-,13-,16-,17-,20-/m1/s1. The van der Waals surface area contributed by atoms with Gasteiger partial charge in [0.05, 0.1) is 23.2 Å². The maximum Gasteiger partial charge on any atom is 0.167 e. The summed E-state index contributed by atoms with van der Waals surface area (Å²) in [6, 6.07) is 8.16. The Hall–Kier alpha value is -2.35. The van der Waals surface area contributed by atoms with Gasteiger partial charge in [-0.05, 0) is 26.0 Å². The molecule has 0 aliphatic carbocycles. The van der Waals surface area contributed by atoms with Gasteiger partial charge >= 0.3 is 0 Å². The molecule has 10 nitrogen and oxygen atoms in total. The van der Waals surface area contributed by atoms with E-state index in [1.807, 2.05) is 18.2 Å². The number of aliphatic hydroxyl groups excluding tert-OH is 3. The first-order valence-corrected chi connectivity index (χ1v) is 12.3. The lowest BCUT2D eigenvalue weighted by molar-refractivity contribution is -0.0511. The number of rotatable bonds is 7. The topological polar surface area (TPSA) is 138 Å². The van der Waals surface area contributed by atoms with Crippen molar-refractivity contribution in [3.8, 4) is 0 Å². The van der Waals surface area contributed by atoms with Crippen molar-refractivity contribution in [3.63, 3.8) is 0 Å². The van der Waals surface area contributed by atoms with Crippen molar-refractivity contribution in [1.29, 1.82) is 0 Å². The minimum atomic E-state index is -1.21. The number of hydrogen-bond acceptors (Lipinski definition) is 11. The number of thioether (sulfide) groups is 1. The number of anilines is 1. The summed E-state index contributed by atoms with van der Waals surface area (Å²) in [6.07, 6.45) is -2.68. The molecule has 1 aliphatic rings. The molecule has 33 heavy (non-hydrogen) atoms. The van der Waals surface area contributed by atoms with E-state index in [2.05, 4.69) is 38.2 Å². The van der Waals surface area contributed by atoms with E-state index >= 15 is 0 Å². The van der Waals surface area contributed by atoms with Gasteiger partial charge in [-0.2, -0.15) is 0 Å². The maximum absolute atomic E-state index is 10.4. The second-order valence-electron chi connectivity index (χ2n) is 7.98. The van der Waals surface area contributed by atoms with Crippen LogP contribution in [0.1, 0.15) is 19.0 Å². The molecule has 3 aromatic heterocycles. The molecule has 0 amide bonds. The molecular formula is C21H24N6O4S2. The van der Waals surface area contributed by atoms with E-state index in [1.165, 1.54) is 11.0 Å². The number of thiazole rings is 1. The molecule has 1 aliphatic heterocycles. The Bertz CT molecular complexity index is 1250. The van der Waals surface area contributed by atoms with Crippen LogP contribution < -0.4 is 5.32 Å². The molecule has 1 aromatic carbocycles. The zero-order chi connectivity index (χ0) is 23.1. The van der Waals surface area contributed by atoms with Gasteiger partial charge in [0.15, 0.2) is 27.5 Å². The van der Waals surface area contributed by atoms with Crippen LogP contribution >= 0.6 is 23.1 Å². The predicted octanol–water partition coefficient (Wildman–Crippen LogP) is 1.95. The smallest absolute Gasteiger partial charge is 0.167 e. The number of fused-ring (bicyclic) bond motifs is 2. The number of imidazole rings is 1. The predicted molar refractivity (Wildman–Crippen MR) is 126 cm³/mol. The molecule has 0 radical (unpaired) electrons. The van der Waals surface area contributed by atoms with E-state index in [-0.39, 0.29) is 6.04 Å². The number of benzene rings is 1. The van der Waals surface area contributed by atoms with Crippen LogP contribution in [0.4, 0.5) is 5.82 Å². The molecule has 4 aromatic rings. The summed E-state index contributed by atoms with van der Waals surface area (Å²) >= 11 is 3.36. The van der Waals surface area contributed by atoms with Crippen LogP contribution in [0.25, 0.3) is 21.4 Å². The highest BCUT2D eigenvalue weighted by molar-refractivity contribution is 8.01. The summed E-state index contributed by atoms with van der Waals surface area (Å²) in [7, 11) is 0. The second kappa shape index (κ2) is 9.12. The molecule has 5 rings (SSSR count). The zero-order valence-corrected chi connectivity index (χ0v) is 19.6. The third kappa shape index (κ3) is 4.29. The minimum Gasteiger partial charge on any atom is -0.394 e. The molecule has 5 atom stereocenters. The molecule has 0 bridgehead atoms. The van der Waals surface area contributed by atoms with Crippen molar-refractivity contribution in [3.05, 3.63) is 36.4 Å². The Morgan fingerprint density at radius 1 is 1.21 bits per heavy atom. The van der Waals surface area contributed by atoms with Gasteiger partial charge in [0.25, 0.3) is 0 Å². The van der Waals surface area contributed by atoms with Gasteiger partial charge in [-0.25, -0.2) is 19.9 Å². The fraction of sp³-hybridized carbons (Fsp3) is 0.429. The fourth-order valence-corrected chi connectivity index (χ4v) is 5.85. The number of nitrogens with one attached hydrogen (secondary N) is 1. The molecule has 174 valence electrons. The van der Waals surface area contributed by atoms with Crippen molar-refractivity contribution in [2.75, 3.05) is 17.7 Å². The van der Waals surface area contributed by atoms with Crippen molar-refractivity contribution >= 4 is 50.3 Å². The number of aromatic nitrogens is 5. The average molecular weight is 489 g/mol. The highest BCUT2D eigenvalue weighted by Crippen LogP contribution is 2.33. The van der Waals surface area contributed by atoms with E-state index < -0.39 is 31.1 Å². The molecule has 0 saturated carbocycles. The zero-order valence-electron chi connectivity index (χ0n) is 18.0. The largest absolute Gasteiger partial charge is 0.394 e. The Morgan fingerprint density at radius 3 is 2.79 bits per heavy atom. The van der Waals surface area contributed by atoms with E-state index in [0.29, 0.717) is 22.8 Å². The number of aryl methyl sites for hydroxylation is 1. The summed E-state index contributed by atoms with van der Waals surface area (Å²) < 4.78 is 9.40. The van der Waals surface area contributed by atoms with Crippen LogP contribution in [-0.4, -0.2) is 76.5 Å². The van der Waals surface area contributed by atoms with Gasteiger partial charge < -0.3 is 25.4 Å². The van der Waals surface area contributed by atoms with Gasteiger partial charge in [0.2, 0.25) is 0 Å². The van der Waals surface area contributed by atoms with Crippen LogP contribution in [0.2, 0.25) is 0 Å². The Kier molecular flexibility index (Phi) is 6.20. The maximum atomic E-state index is 10.4. The number of ether oxygens (including phenoxy) is 1. The molecule has 1 fully saturated rings. The number of hydrogen-bond donors (Lipinski definition) is 4. The van der Waals surface area contributed by atoms with E-state index in [1.54, 1.807) is 34.6 Å². The first kappa shape index (κ1) is 22.4. The number of nitrogens with zero attached hydrogens (tertiary/aromatic N) is 5. The fourth-order valence-electron chi connectivity index (χ4n) is 3.81. The van der Waals surface area contributed by atoms with Gasteiger partial charge in [0.1, 0.15) is 24.1 Å². The lowest BCUT2D eigenvalue weighted by Gasteiger charge is -2.17. The average Bonchev–Trinajstić information content (AvgIpc) is 3.48. The Balaban J connectivity index is 1.34. The van der Waals surface area contributed by atoms with Gasteiger partial charge in [-0.1, -0.05) is 23.9 Å². The first-order chi connectivity index (χ1) is 15.9. The number of aliphatic hydroxyl groups is 3. The lowest BCUT2D eigenvalue weighted by atomic mass is 10.1. The van der Waals surface area contributed by atoms with Crippen LogP contribution in [0.3, 0.4) is 0 Å². The van der Waals surface area contributed by atoms with Crippen molar-refractivity contribution in [1.82, 2.24) is 24.5 Å². The van der Waals surface area contributed by atoms with Crippen LogP contribution in [0.5, 0.6) is 0 Å². The monoisotopic (exact) mass is 488 g/mol. The normalized spacial score (nSPS) is 24.0. The summed E-state index contributed by atoms with van der Waals surface area (Å²) in [6.45, 7) is 3.44. The summed E-state index contributed by atoms with van der Waals surface area (Å²) in [5, 5.41) is 33.3. The quantitative estimate of drug-likeness (QED) is 0.286. The van der Waals surface area contributed by atoms with Gasteiger partial charge in [0, 0.05) is 11.8 Å². The van der Waals surface area contributed by atoms with Crippen molar-refractivity contribution in [2.45, 2.75) is 48.8 Å².